The fraction of sp³-hybridized carbons (Fsp3) is 1.00. The molecule has 0 aromatic rings. The van der Waals surface area contributed by atoms with Crippen LogP contribution >= 0.6 is 7.82 Å². The third-order valence-electron chi connectivity index (χ3n) is 3.73. The van der Waals surface area contributed by atoms with Crippen LogP contribution in [-0.4, -0.2) is 46.3 Å². The van der Waals surface area contributed by atoms with Crippen molar-refractivity contribution in [2.45, 2.75) is 78.1 Å². The lowest BCUT2D eigenvalue weighted by atomic mass is 10.1. The van der Waals surface area contributed by atoms with Crippen LogP contribution in [0.25, 0.3) is 0 Å². The van der Waals surface area contributed by atoms with E-state index >= 15 is 0 Å². The van der Waals surface area contributed by atoms with E-state index < -0.39 is 7.82 Å². The molecular weight excluding hydrogens is 301 g/mol. The molecule has 0 aromatic heterocycles. The van der Waals surface area contributed by atoms with Crippen LogP contribution < -0.4 is 0 Å². The Morgan fingerprint density at radius 3 is 1.23 bits per heavy atom. The Morgan fingerprint density at radius 2 is 0.955 bits per heavy atom. The topological polar surface area (TPSA) is 77.8 Å². The first kappa shape index (κ1) is 24.3. The molecule has 0 atom stereocenters. The Kier molecular flexibility index (Phi) is 16.2. The average molecular weight is 340 g/mol. The van der Waals surface area contributed by atoms with Gasteiger partial charge in [0.15, 0.2) is 0 Å². The lowest BCUT2D eigenvalue weighted by Crippen LogP contribution is -2.41. The van der Waals surface area contributed by atoms with Crippen molar-refractivity contribution in [1.82, 2.24) is 0 Å². The summed E-state index contributed by atoms with van der Waals surface area (Å²) in [6.45, 7) is 7.32. The predicted octanol–water partition coefficient (Wildman–Crippen LogP) is 4.08. The molecule has 22 heavy (non-hydrogen) atoms. The first-order valence-corrected chi connectivity index (χ1v) is 10.3. The van der Waals surface area contributed by atoms with Crippen LogP contribution in [-0.2, 0) is 4.57 Å². The number of unbranched alkanes of at least 4 members (excludes halogenated alkanes) is 8. The summed E-state index contributed by atoms with van der Waals surface area (Å²) in [5.74, 6) is 0. The number of nitrogens with zero attached hydrogens (tertiary/aromatic N) is 1. The summed E-state index contributed by atoms with van der Waals surface area (Å²) in [4.78, 5) is 21.6. The van der Waals surface area contributed by atoms with Gasteiger partial charge in [-0.2, -0.15) is 0 Å². The summed E-state index contributed by atoms with van der Waals surface area (Å²) in [5.41, 5.74) is 0. The van der Waals surface area contributed by atoms with Crippen molar-refractivity contribution in [3.8, 4) is 0 Å². The fourth-order valence-electron chi connectivity index (χ4n) is 2.40. The second-order valence-electron chi connectivity index (χ2n) is 6.72. The van der Waals surface area contributed by atoms with E-state index in [2.05, 4.69) is 27.9 Å². The van der Waals surface area contributed by atoms with Crippen molar-refractivity contribution in [2.75, 3.05) is 27.2 Å². The van der Waals surface area contributed by atoms with Crippen LogP contribution in [0.2, 0.25) is 0 Å². The van der Waals surface area contributed by atoms with E-state index in [0.717, 1.165) is 0 Å². The van der Waals surface area contributed by atoms with Crippen LogP contribution in [0.4, 0.5) is 0 Å². The molecule has 5 nitrogen and oxygen atoms in total. The van der Waals surface area contributed by atoms with Gasteiger partial charge < -0.3 is 19.2 Å². The fourth-order valence-corrected chi connectivity index (χ4v) is 2.40. The number of hydrogen-bond acceptors (Lipinski definition) is 1. The smallest absolute Gasteiger partial charge is 0.328 e. The maximum Gasteiger partial charge on any atom is 0.466 e. The SMILES string of the molecule is CCCCCCC[N+](C)(C)CCCCCCC.O=P(O)(O)O. The van der Waals surface area contributed by atoms with Crippen molar-refractivity contribution in [2.24, 2.45) is 0 Å². The number of rotatable bonds is 12. The number of phosphoric acid groups is 1. The van der Waals surface area contributed by atoms with Crippen LogP contribution in [0.15, 0.2) is 0 Å². The lowest BCUT2D eigenvalue weighted by molar-refractivity contribution is -0.890. The summed E-state index contributed by atoms with van der Waals surface area (Å²) in [5, 5.41) is 0. The largest absolute Gasteiger partial charge is 0.466 e. The summed E-state index contributed by atoms with van der Waals surface area (Å²) < 4.78 is 10.1. The van der Waals surface area contributed by atoms with Crippen molar-refractivity contribution in [1.29, 1.82) is 0 Å². The van der Waals surface area contributed by atoms with Gasteiger partial charge in [-0.15, -0.1) is 0 Å². The van der Waals surface area contributed by atoms with E-state index in [9.17, 15) is 0 Å². The van der Waals surface area contributed by atoms with Gasteiger partial charge in [-0.3, -0.25) is 0 Å². The van der Waals surface area contributed by atoms with Gasteiger partial charge in [0.1, 0.15) is 0 Å². The monoisotopic (exact) mass is 340 g/mol. The first-order valence-electron chi connectivity index (χ1n) is 8.72. The Balaban J connectivity index is 0. The highest BCUT2D eigenvalue weighted by Crippen LogP contribution is 2.25. The van der Waals surface area contributed by atoms with Crippen LogP contribution in [0.1, 0.15) is 78.1 Å². The van der Waals surface area contributed by atoms with Crippen molar-refractivity contribution in [3.63, 3.8) is 0 Å². The molecule has 0 fully saturated rings. The number of hydrogen-bond donors (Lipinski definition) is 3. The summed E-state index contributed by atoms with van der Waals surface area (Å²) in [6, 6.07) is 0. The second-order valence-corrected chi connectivity index (χ2v) is 7.75. The third kappa shape index (κ3) is 28.3. The molecule has 0 saturated carbocycles. The highest BCUT2D eigenvalue weighted by atomic mass is 31.2. The number of quaternary nitrogens is 1. The van der Waals surface area contributed by atoms with Gasteiger partial charge in [-0.05, 0) is 25.7 Å². The minimum atomic E-state index is -4.64. The predicted molar refractivity (Wildman–Crippen MR) is 93.6 cm³/mol. The molecule has 0 aromatic carbocycles. The highest BCUT2D eigenvalue weighted by molar-refractivity contribution is 7.45. The zero-order valence-electron chi connectivity index (χ0n) is 15.1. The van der Waals surface area contributed by atoms with Gasteiger partial charge in [0.25, 0.3) is 0 Å². The molecule has 6 heteroatoms. The van der Waals surface area contributed by atoms with E-state index in [-0.39, 0.29) is 0 Å². The van der Waals surface area contributed by atoms with E-state index in [4.69, 9.17) is 19.2 Å². The molecule has 0 aliphatic heterocycles. The van der Waals surface area contributed by atoms with Gasteiger partial charge in [0.2, 0.25) is 0 Å². The highest BCUT2D eigenvalue weighted by Gasteiger charge is 2.13. The molecule has 0 spiro atoms. The normalized spacial score (nSPS) is 12.0. The molecule has 136 valence electrons. The van der Waals surface area contributed by atoms with E-state index in [0.29, 0.717) is 0 Å². The van der Waals surface area contributed by atoms with Gasteiger partial charge in [0, 0.05) is 0 Å². The molecule has 0 aliphatic carbocycles. The molecule has 0 bridgehead atoms. The van der Waals surface area contributed by atoms with Gasteiger partial charge in [-0.1, -0.05) is 52.4 Å². The summed E-state index contributed by atoms with van der Waals surface area (Å²) >= 11 is 0. The average Bonchev–Trinajstić information content (AvgIpc) is 2.36. The van der Waals surface area contributed by atoms with Gasteiger partial charge in [0.05, 0.1) is 27.2 Å². The zero-order chi connectivity index (χ0) is 17.5. The summed E-state index contributed by atoms with van der Waals surface area (Å²) in [7, 11) is 0.166. The third-order valence-corrected chi connectivity index (χ3v) is 3.73. The van der Waals surface area contributed by atoms with Gasteiger partial charge in [-0.25, -0.2) is 4.57 Å². The molecule has 0 unspecified atom stereocenters. The Morgan fingerprint density at radius 1 is 0.682 bits per heavy atom. The first-order chi connectivity index (χ1) is 10.1. The molecule has 0 saturated heterocycles. The van der Waals surface area contributed by atoms with E-state index in [1.807, 2.05) is 0 Å². The van der Waals surface area contributed by atoms with Gasteiger partial charge >= 0.3 is 7.82 Å². The van der Waals surface area contributed by atoms with Crippen LogP contribution in [0.5, 0.6) is 0 Å². The molecule has 3 N–H and O–H groups in total. The molecular formula is C16H39NO4P+. The maximum absolute atomic E-state index is 8.88. The second kappa shape index (κ2) is 14.6. The molecule has 0 rings (SSSR count). The minimum Gasteiger partial charge on any atom is -0.328 e. The molecule has 0 radical (unpaired) electrons. The quantitative estimate of drug-likeness (QED) is 0.284. The van der Waals surface area contributed by atoms with Crippen LogP contribution in [0, 0.1) is 0 Å². The lowest BCUT2D eigenvalue weighted by Gasteiger charge is -2.30. The Bertz CT molecular complexity index is 255. The summed E-state index contributed by atoms with van der Waals surface area (Å²) in [6.07, 6.45) is 14.1. The molecule has 0 aliphatic rings. The van der Waals surface area contributed by atoms with E-state index in [1.54, 1.807) is 0 Å². The van der Waals surface area contributed by atoms with Crippen molar-refractivity contribution < 1.29 is 23.7 Å². The van der Waals surface area contributed by atoms with Crippen molar-refractivity contribution in [3.05, 3.63) is 0 Å². The molecule has 0 amide bonds. The minimum absolute atomic E-state index is 1.23. The zero-order valence-corrected chi connectivity index (χ0v) is 16.0. The Hall–Kier alpha value is 0.0700. The van der Waals surface area contributed by atoms with Crippen LogP contribution in [0.3, 0.4) is 0 Å². The maximum atomic E-state index is 8.88. The van der Waals surface area contributed by atoms with Crippen molar-refractivity contribution >= 4 is 7.82 Å². The van der Waals surface area contributed by atoms with E-state index in [1.165, 1.54) is 81.8 Å². The standard InChI is InChI=1S/C16H36N.H3O4P/c1-5-7-9-11-13-15-17(3,4)16-14-12-10-8-6-2;1-5(2,3)4/h5-16H2,1-4H3;(H3,1,2,3,4)/q+1;. The molecule has 0 heterocycles. The Labute approximate surface area is 137 Å².